The molecule has 0 aromatic carbocycles. The molecule has 2 aromatic rings. The summed E-state index contributed by atoms with van der Waals surface area (Å²) < 4.78 is 28.2. The van der Waals surface area contributed by atoms with Gasteiger partial charge in [-0.2, -0.15) is 0 Å². The van der Waals surface area contributed by atoms with Crippen LogP contribution in [0.15, 0.2) is 22.8 Å². The number of hydrogen-bond donors (Lipinski definition) is 1. The van der Waals surface area contributed by atoms with Crippen LogP contribution in [0.3, 0.4) is 0 Å². The van der Waals surface area contributed by atoms with E-state index >= 15 is 0 Å². The Hall–Kier alpha value is -0.890. The molecule has 0 unspecified atom stereocenters. The van der Waals surface area contributed by atoms with E-state index in [9.17, 15) is 8.42 Å². The van der Waals surface area contributed by atoms with E-state index in [1.54, 1.807) is 7.05 Å². The lowest BCUT2D eigenvalue weighted by Crippen LogP contribution is -2.24. The number of hydrogen-bond acceptors (Lipinski definition) is 4. The fraction of sp³-hybridized carbons (Fsp3) is 0.364. The van der Waals surface area contributed by atoms with Crippen molar-refractivity contribution in [2.75, 3.05) is 0 Å². The molecule has 104 valence electrons. The number of rotatable bonds is 5. The van der Waals surface area contributed by atoms with Crippen LogP contribution in [0, 0.1) is 0 Å². The Morgan fingerprint density at radius 2 is 2.26 bits per heavy atom. The molecule has 0 fully saturated rings. The summed E-state index contributed by atoms with van der Waals surface area (Å²) in [5.41, 5.74) is 1.15. The molecule has 0 radical (unpaired) electrons. The minimum absolute atomic E-state index is 0.106. The zero-order chi connectivity index (χ0) is 14.0. The van der Waals surface area contributed by atoms with Crippen LogP contribution in [0.25, 0.3) is 0 Å². The number of nitrogens with one attached hydrogen (secondary N) is 1. The number of aryl methyl sites for hydroxylation is 2. The van der Waals surface area contributed by atoms with Gasteiger partial charge in [0, 0.05) is 18.5 Å². The second kappa shape index (κ2) is 5.62. The number of nitrogens with zero attached hydrogens (tertiary/aromatic N) is 2. The van der Waals surface area contributed by atoms with Gasteiger partial charge < -0.3 is 4.57 Å². The van der Waals surface area contributed by atoms with Gasteiger partial charge in [-0.3, -0.25) is 0 Å². The van der Waals surface area contributed by atoms with Gasteiger partial charge in [-0.05, 0) is 23.4 Å². The Labute approximate surface area is 121 Å². The number of thiophene rings is 1. The van der Waals surface area contributed by atoms with Crippen molar-refractivity contribution in [1.82, 2.24) is 14.3 Å². The molecule has 0 aliphatic carbocycles. The maximum Gasteiger partial charge on any atom is 0.261 e. The van der Waals surface area contributed by atoms with Gasteiger partial charge in [0.15, 0.2) is 0 Å². The van der Waals surface area contributed by atoms with E-state index < -0.39 is 10.0 Å². The third-order valence-corrected chi connectivity index (χ3v) is 5.58. The minimum atomic E-state index is -3.68. The lowest BCUT2D eigenvalue weighted by molar-refractivity contribution is 0.578. The number of aromatic nitrogens is 2. The number of sulfonamides is 1. The van der Waals surface area contributed by atoms with Crippen LogP contribution < -0.4 is 4.72 Å². The average molecular weight is 320 g/mol. The maximum atomic E-state index is 12.1. The topological polar surface area (TPSA) is 64.0 Å². The van der Waals surface area contributed by atoms with Crippen LogP contribution in [-0.4, -0.2) is 18.0 Å². The molecule has 2 aromatic heterocycles. The normalized spacial score (nSPS) is 11.9. The maximum absolute atomic E-state index is 12.1. The Balaban J connectivity index is 2.17. The predicted octanol–water partition coefficient (Wildman–Crippen LogP) is 2.18. The first-order valence-electron chi connectivity index (χ1n) is 5.67. The SMILES string of the molecule is CCc1ccsc1CNS(=O)(=O)c1ncn(C)c1Cl. The highest BCUT2D eigenvalue weighted by molar-refractivity contribution is 7.89. The van der Waals surface area contributed by atoms with Crippen LogP contribution in [-0.2, 0) is 30.0 Å². The van der Waals surface area contributed by atoms with E-state index in [4.69, 9.17) is 11.6 Å². The number of halogens is 1. The van der Waals surface area contributed by atoms with Crippen molar-refractivity contribution in [1.29, 1.82) is 0 Å². The molecule has 0 spiro atoms. The quantitative estimate of drug-likeness (QED) is 0.918. The Morgan fingerprint density at radius 3 is 2.84 bits per heavy atom. The van der Waals surface area contributed by atoms with Crippen LogP contribution in [0.5, 0.6) is 0 Å². The molecule has 0 saturated carbocycles. The van der Waals surface area contributed by atoms with Crippen molar-refractivity contribution in [2.45, 2.75) is 24.9 Å². The van der Waals surface area contributed by atoms with E-state index in [0.29, 0.717) is 0 Å². The second-order valence-electron chi connectivity index (χ2n) is 4.00. The fourth-order valence-electron chi connectivity index (χ4n) is 1.64. The van der Waals surface area contributed by atoms with Gasteiger partial charge in [0.05, 0.1) is 6.33 Å². The lowest BCUT2D eigenvalue weighted by Gasteiger charge is -2.05. The van der Waals surface area contributed by atoms with E-state index in [2.05, 4.69) is 9.71 Å². The van der Waals surface area contributed by atoms with Crippen molar-refractivity contribution < 1.29 is 8.42 Å². The van der Waals surface area contributed by atoms with Crippen LogP contribution in [0.4, 0.5) is 0 Å². The Kier molecular flexibility index (Phi) is 4.29. The summed E-state index contributed by atoms with van der Waals surface area (Å²) in [4.78, 5) is 4.83. The molecule has 5 nitrogen and oxygen atoms in total. The summed E-state index contributed by atoms with van der Waals surface area (Å²) in [5.74, 6) is 0. The zero-order valence-electron chi connectivity index (χ0n) is 10.6. The molecule has 0 aliphatic heterocycles. The fourth-order valence-corrected chi connectivity index (χ4v) is 4.07. The molecule has 0 aliphatic rings. The first-order valence-corrected chi connectivity index (χ1v) is 8.41. The van der Waals surface area contributed by atoms with Gasteiger partial charge in [0.1, 0.15) is 5.15 Å². The van der Waals surface area contributed by atoms with Crippen molar-refractivity contribution in [3.05, 3.63) is 33.4 Å². The molecular formula is C11H14ClN3O2S2. The predicted molar refractivity (Wildman–Crippen MR) is 75.9 cm³/mol. The summed E-state index contributed by atoms with van der Waals surface area (Å²) >= 11 is 7.43. The highest BCUT2D eigenvalue weighted by Crippen LogP contribution is 2.21. The van der Waals surface area contributed by atoms with Crippen molar-refractivity contribution >= 4 is 33.0 Å². The molecule has 2 heterocycles. The summed E-state index contributed by atoms with van der Waals surface area (Å²) in [6, 6.07) is 2.00. The molecule has 0 saturated heterocycles. The monoisotopic (exact) mass is 319 g/mol. The van der Waals surface area contributed by atoms with Crippen LogP contribution in [0.1, 0.15) is 17.4 Å². The van der Waals surface area contributed by atoms with Crippen molar-refractivity contribution in [2.24, 2.45) is 7.05 Å². The zero-order valence-corrected chi connectivity index (χ0v) is 12.9. The third kappa shape index (κ3) is 3.00. The smallest absolute Gasteiger partial charge is 0.261 e. The van der Waals surface area contributed by atoms with E-state index in [1.165, 1.54) is 22.2 Å². The first-order chi connectivity index (χ1) is 8.95. The molecule has 2 rings (SSSR count). The molecule has 0 atom stereocenters. The summed E-state index contributed by atoms with van der Waals surface area (Å²) in [7, 11) is -2.04. The molecule has 19 heavy (non-hydrogen) atoms. The van der Waals surface area contributed by atoms with Gasteiger partial charge >= 0.3 is 0 Å². The third-order valence-electron chi connectivity index (χ3n) is 2.73. The molecular weight excluding hydrogens is 306 g/mol. The van der Waals surface area contributed by atoms with Crippen LogP contribution in [0.2, 0.25) is 5.15 Å². The van der Waals surface area contributed by atoms with Crippen LogP contribution >= 0.6 is 22.9 Å². The second-order valence-corrected chi connectivity index (χ2v) is 7.04. The van der Waals surface area contributed by atoms with Gasteiger partial charge in [0.2, 0.25) is 5.03 Å². The van der Waals surface area contributed by atoms with E-state index in [0.717, 1.165) is 16.9 Å². The van der Waals surface area contributed by atoms with E-state index in [1.807, 2.05) is 18.4 Å². The van der Waals surface area contributed by atoms with Gasteiger partial charge in [-0.15, -0.1) is 11.3 Å². The van der Waals surface area contributed by atoms with Crippen molar-refractivity contribution in [3.63, 3.8) is 0 Å². The van der Waals surface area contributed by atoms with Gasteiger partial charge in [0.25, 0.3) is 10.0 Å². The largest absolute Gasteiger partial charge is 0.324 e. The summed E-state index contributed by atoms with van der Waals surface area (Å²) in [6.07, 6.45) is 2.25. The highest BCUT2D eigenvalue weighted by atomic mass is 35.5. The van der Waals surface area contributed by atoms with Gasteiger partial charge in [-0.25, -0.2) is 18.1 Å². The minimum Gasteiger partial charge on any atom is -0.324 e. The first kappa shape index (κ1) is 14.5. The Morgan fingerprint density at radius 1 is 1.53 bits per heavy atom. The molecule has 1 N–H and O–H groups in total. The lowest BCUT2D eigenvalue weighted by atomic mass is 10.2. The summed E-state index contributed by atoms with van der Waals surface area (Å²) in [6.45, 7) is 2.30. The molecule has 0 bridgehead atoms. The standard InChI is InChI=1S/C11H14ClN3O2S2/c1-3-8-4-5-18-9(8)6-14-19(16,17)11-10(12)15(2)7-13-11/h4-5,7,14H,3,6H2,1-2H3. The van der Waals surface area contributed by atoms with Crippen molar-refractivity contribution in [3.8, 4) is 0 Å². The van der Waals surface area contributed by atoms with Gasteiger partial charge in [-0.1, -0.05) is 18.5 Å². The average Bonchev–Trinajstić information content (AvgIpc) is 2.95. The summed E-state index contributed by atoms with van der Waals surface area (Å²) in [5, 5.41) is 1.93. The Bertz CT molecular complexity index is 676. The highest BCUT2D eigenvalue weighted by Gasteiger charge is 2.22. The van der Waals surface area contributed by atoms with E-state index in [-0.39, 0.29) is 16.7 Å². The molecule has 0 amide bonds. The molecule has 8 heteroatoms. The number of imidazole rings is 1.